The van der Waals surface area contributed by atoms with Crippen molar-refractivity contribution >= 4 is 11.9 Å². The molecule has 0 radical (unpaired) electrons. The summed E-state index contributed by atoms with van der Waals surface area (Å²) in [6, 6.07) is -1.03. The summed E-state index contributed by atoms with van der Waals surface area (Å²) in [5.41, 5.74) is 0. The fourth-order valence-corrected chi connectivity index (χ4v) is 9.14. The van der Waals surface area contributed by atoms with Crippen molar-refractivity contribution < 1.29 is 49.3 Å². The summed E-state index contributed by atoms with van der Waals surface area (Å²) in [4.78, 5) is 26.5. The van der Waals surface area contributed by atoms with E-state index < -0.39 is 67.4 Å². The van der Waals surface area contributed by atoms with E-state index in [0.717, 1.165) is 103 Å². The number of allylic oxidation sites excluding steroid dienone is 13. The van der Waals surface area contributed by atoms with Crippen LogP contribution >= 0.6 is 0 Å². The maximum atomic E-state index is 13.4. The summed E-state index contributed by atoms with van der Waals surface area (Å²) in [7, 11) is 0. The number of esters is 1. The number of aliphatic hydroxyl groups is 5. The maximum Gasteiger partial charge on any atom is 0.306 e. The van der Waals surface area contributed by atoms with E-state index in [-0.39, 0.29) is 19.4 Å². The van der Waals surface area contributed by atoms with E-state index in [2.05, 4.69) is 99.0 Å². The summed E-state index contributed by atoms with van der Waals surface area (Å²) in [5, 5.41) is 56.9. The zero-order chi connectivity index (χ0) is 55.4. The smallest absolute Gasteiger partial charge is 0.306 e. The van der Waals surface area contributed by atoms with Gasteiger partial charge in [-0.1, -0.05) is 234 Å². The van der Waals surface area contributed by atoms with Crippen LogP contribution in [0, 0.1) is 0 Å². The quantitative estimate of drug-likeness (QED) is 0.0195. The molecule has 1 fully saturated rings. The number of unbranched alkanes of at least 4 members (excludes halogenated alkanes) is 25. The first kappa shape index (κ1) is 70.9. The maximum absolute atomic E-state index is 13.4. The van der Waals surface area contributed by atoms with Gasteiger partial charge in [-0.2, -0.15) is 0 Å². The van der Waals surface area contributed by atoms with Crippen LogP contribution in [0.25, 0.3) is 0 Å². The molecule has 8 unspecified atom stereocenters. The van der Waals surface area contributed by atoms with Crippen molar-refractivity contribution in [3.63, 3.8) is 0 Å². The van der Waals surface area contributed by atoms with Gasteiger partial charge in [-0.25, -0.2) is 0 Å². The Bertz CT molecular complexity index is 1560. The Hall–Kier alpha value is -3.16. The van der Waals surface area contributed by atoms with Gasteiger partial charge in [0.25, 0.3) is 0 Å². The summed E-state index contributed by atoms with van der Waals surface area (Å²) in [5.74, 6) is -1.23. The SMILES string of the molecule is CC/C=C/C/C=C/C/C=C/CCCCCCC(=O)OC1C(OCC(NC(=O)C(O)CCCCCCCCCCC/C=C\C/C=C\C/C=C\CCCCC)C(O)/C=C/CCCCCCCCCCC)OC(CO)C(O)C1O. The van der Waals surface area contributed by atoms with Gasteiger partial charge in [-0.05, 0) is 96.3 Å². The van der Waals surface area contributed by atoms with Gasteiger partial charge < -0.3 is 45.1 Å². The highest BCUT2D eigenvalue weighted by Gasteiger charge is 2.47. The van der Waals surface area contributed by atoms with E-state index >= 15 is 0 Å². The Morgan fingerprint density at radius 1 is 0.526 bits per heavy atom. The highest BCUT2D eigenvalue weighted by molar-refractivity contribution is 5.80. The first-order valence-corrected chi connectivity index (χ1v) is 30.9. The van der Waals surface area contributed by atoms with E-state index in [1.807, 2.05) is 6.08 Å². The predicted octanol–water partition coefficient (Wildman–Crippen LogP) is 14.6. The van der Waals surface area contributed by atoms with E-state index in [1.165, 1.54) is 103 Å². The Balaban J connectivity index is 2.66. The van der Waals surface area contributed by atoms with Crippen molar-refractivity contribution in [2.45, 2.75) is 301 Å². The third kappa shape index (κ3) is 40.1. The molecule has 0 aromatic rings. The number of hydrogen-bond acceptors (Lipinski definition) is 10. The summed E-state index contributed by atoms with van der Waals surface area (Å²) >= 11 is 0. The van der Waals surface area contributed by atoms with Gasteiger partial charge in [0.1, 0.15) is 24.4 Å². The van der Waals surface area contributed by atoms with E-state index in [9.17, 15) is 35.1 Å². The molecule has 1 saturated heterocycles. The highest BCUT2D eigenvalue weighted by Crippen LogP contribution is 2.26. The molecule has 0 saturated carbocycles. The fraction of sp³-hybridized carbons (Fsp3) is 0.754. The first-order chi connectivity index (χ1) is 37.2. The second-order valence-corrected chi connectivity index (χ2v) is 21.0. The average Bonchev–Trinajstić information content (AvgIpc) is 3.42. The van der Waals surface area contributed by atoms with Gasteiger partial charge in [0.2, 0.25) is 5.91 Å². The molecular weight excluding hydrogens is 955 g/mol. The number of aliphatic hydroxyl groups excluding tert-OH is 5. The minimum absolute atomic E-state index is 0.0940. The zero-order valence-electron chi connectivity index (χ0n) is 48.3. The number of ether oxygens (including phenoxy) is 3. The molecule has 0 aromatic carbocycles. The number of hydrogen-bond donors (Lipinski definition) is 6. The van der Waals surface area contributed by atoms with Crippen molar-refractivity contribution in [3.8, 4) is 0 Å². The van der Waals surface area contributed by atoms with Crippen LogP contribution in [-0.4, -0.2) is 99.6 Å². The summed E-state index contributed by atoms with van der Waals surface area (Å²) in [6.45, 7) is 5.62. The number of nitrogens with one attached hydrogen (secondary N) is 1. The number of amides is 1. The zero-order valence-corrected chi connectivity index (χ0v) is 48.3. The lowest BCUT2D eigenvalue weighted by Gasteiger charge is -2.41. The van der Waals surface area contributed by atoms with Crippen molar-refractivity contribution in [2.75, 3.05) is 13.2 Å². The van der Waals surface area contributed by atoms with Crippen LogP contribution < -0.4 is 5.32 Å². The minimum Gasteiger partial charge on any atom is -0.454 e. The van der Waals surface area contributed by atoms with E-state index in [0.29, 0.717) is 12.8 Å². The number of carbonyl (C=O) groups excluding carboxylic acids is 2. The van der Waals surface area contributed by atoms with Crippen LogP contribution in [0.15, 0.2) is 85.1 Å². The molecule has 438 valence electrons. The molecule has 8 atom stereocenters. The molecule has 11 heteroatoms. The Kier molecular flexibility index (Phi) is 49.0. The Morgan fingerprint density at radius 3 is 1.45 bits per heavy atom. The number of rotatable bonds is 51. The molecule has 11 nitrogen and oxygen atoms in total. The molecule has 76 heavy (non-hydrogen) atoms. The third-order valence-corrected chi connectivity index (χ3v) is 14.0. The third-order valence-electron chi connectivity index (χ3n) is 14.0. The molecule has 1 aliphatic rings. The van der Waals surface area contributed by atoms with Crippen LogP contribution in [0.5, 0.6) is 0 Å². The van der Waals surface area contributed by atoms with Gasteiger partial charge in [0, 0.05) is 6.42 Å². The summed E-state index contributed by atoms with van der Waals surface area (Å²) in [6.07, 6.45) is 57.7. The molecule has 1 aliphatic heterocycles. The lowest BCUT2D eigenvalue weighted by molar-refractivity contribution is -0.305. The summed E-state index contributed by atoms with van der Waals surface area (Å²) < 4.78 is 17.6. The molecule has 1 amide bonds. The Morgan fingerprint density at radius 2 is 0.947 bits per heavy atom. The normalized spacial score (nSPS) is 19.7. The van der Waals surface area contributed by atoms with E-state index in [4.69, 9.17) is 14.2 Å². The van der Waals surface area contributed by atoms with Crippen LogP contribution in [-0.2, 0) is 23.8 Å². The highest BCUT2D eigenvalue weighted by atomic mass is 16.7. The standard InChI is InChI=1S/C65H113NO10/c1-4-7-10-13-16-19-22-24-26-27-28-29-30-31-32-33-34-37-40-43-46-49-52-58(69)64(73)66-56(57(68)51-48-45-42-39-36-21-18-15-12-9-6-3)55-74-65-63(62(72)61(71)59(54-67)75-65)76-60(70)53-50-47-44-41-38-35-25-23-20-17-14-11-8-5-2/h8,11,16-17,19-20,24-26,28-29,35,48,51,56-59,61-63,65,67-69,71-72H,4-7,9-10,12-15,18,21-23,27,30-34,36-47,49-50,52-55H2,1-3H3,(H,66,73)/b11-8+,19-16-,20-17+,26-24-,29-28-,35-25+,51-48+. The monoisotopic (exact) mass is 1070 g/mol. The molecule has 0 spiro atoms. The van der Waals surface area contributed by atoms with Gasteiger partial charge in [-0.15, -0.1) is 0 Å². The van der Waals surface area contributed by atoms with Crippen molar-refractivity contribution in [3.05, 3.63) is 85.1 Å². The largest absolute Gasteiger partial charge is 0.454 e. The van der Waals surface area contributed by atoms with Gasteiger partial charge in [-0.3, -0.25) is 9.59 Å². The van der Waals surface area contributed by atoms with Gasteiger partial charge in [0.05, 0.1) is 25.4 Å². The minimum atomic E-state index is -1.63. The lowest BCUT2D eigenvalue weighted by Crippen LogP contribution is -2.61. The van der Waals surface area contributed by atoms with Gasteiger partial charge >= 0.3 is 5.97 Å². The van der Waals surface area contributed by atoms with E-state index in [1.54, 1.807) is 6.08 Å². The predicted molar refractivity (Wildman–Crippen MR) is 315 cm³/mol. The van der Waals surface area contributed by atoms with Gasteiger partial charge in [0.15, 0.2) is 12.4 Å². The molecule has 0 aromatic heterocycles. The van der Waals surface area contributed by atoms with Crippen LogP contribution in [0.3, 0.4) is 0 Å². The van der Waals surface area contributed by atoms with Crippen molar-refractivity contribution in [2.24, 2.45) is 0 Å². The van der Waals surface area contributed by atoms with Crippen LogP contribution in [0.4, 0.5) is 0 Å². The Labute approximate surface area is 463 Å². The molecule has 1 heterocycles. The fourth-order valence-electron chi connectivity index (χ4n) is 9.14. The molecule has 6 N–H and O–H groups in total. The van der Waals surface area contributed by atoms with Crippen LogP contribution in [0.2, 0.25) is 0 Å². The second kappa shape index (κ2) is 52.5. The van der Waals surface area contributed by atoms with Crippen molar-refractivity contribution in [1.29, 1.82) is 0 Å². The van der Waals surface area contributed by atoms with Crippen molar-refractivity contribution in [1.82, 2.24) is 5.32 Å². The lowest BCUT2D eigenvalue weighted by atomic mass is 9.99. The molecule has 0 aliphatic carbocycles. The molecule has 0 bridgehead atoms. The molecular formula is C65H113NO10. The average molecular weight is 1070 g/mol. The van der Waals surface area contributed by atoms with Crippen LogP contribution in [0.1, 0.15) is 252 Å². The first-order valence-electron chi connectivity index (χ1n) is 30.9. The molecule has 1 rings (SSSR count). The second-order valence-electron chi connectivity index (χ2n) is 21.0. The topological polar surface area (TPSA) is 175 Å². The number of carbonyl (C=O) groups is 2.